The van der Waals surface area contributed by atoms with Gasteiger partial charge in [-0.3, -0.25) is 0 Å². The lowest BCUT2D eigenvalue weighted by molar-refractivity contribution is 0.423. The van der Waals surface area contributed by atoms with Crippen molar-refractivity contribution >= 4 is 32.5 Å². The van der Waals surface area contributed by atoms with Crippen molar-refractivity contribution in [2.75, 3.05) is 33.2 Å². The third kappa shape index (κ3) is 5.90. The topological polar surface area (TPSA) is 95.6 Å². The lowest BCUT2D eigenvalue weighted by Crippen LogP contribution is -2.32. The second-order valence-corrected chi connectivity index (χ2v) is 9.50. The fourth-order valence-electron chi connectivity index (χ4n) is 2.63. The molecule has 0 aliphatic carbocycles. The molecule has 25 heavy (non-hydrogen) atoms. The number of sulfonamides is 2. The van der Waals surface area contributed by atoms with E-state index < -0.39 is 20.0 Å². The Labute approximate surface area is 156 Å². The summed E-state index contributed by atoms with van der Waals surface area (Å²) >= 11 is 0. The molecule has 1 aliphatic heterocycles. The summed E-state index contributed by atoms with van der Waals surface area (Å²) in [6.45, 7) is 1.70. The number of hydrogen-bond donors (Lipinski definition) is 2. The molecule has 1 saturated heterocycles. The van der Waals surface area contributed by atoms with Crippen LogP contribution in [0.3, 0.4) is 0 Å². The molecule has 0 aromatic heterocycles. The van der Waals surface area contributed by atoms with E-state index in [1.165, 1.54) is 28.6 Å². The molecule has 7 nitrogen and oxygen atoms in total. The van der Waals surface area contributed by atoms with Crippen LogP contribution >= 0.6 is 12.4 Å². The molecular formula is C15H26ClN3O4S2. The minimum atomic E-state index is -3.73. The molecule has 0 unspecified atom stereocenters. The second-order valence-electron chi connectivity index (χ2n) is 5.79. The van der Waals surface area contributed by atoms with Crippen LogP contribution < -0.4 is 10.0 Å². The monoisotopic (exact) mass is 411 g/mol. The summed E-state index contributed by atoms with van der Waals surface area (Å²) in [4.78, 5) is -0.00427. The summed E-state index contributed by atoms with van der Waals surface area (Å²) < 4.78 is 54.0. The first kappa shape index (κ1) is 22.3. The summed E-state index contributed by atoms with van der Waals surface area (Å²) in [5.41, 5.74) is 0. The number of benzene rings is 1. The van der Waals surface area contributed by atoms with Crippen molar-refractivity contribution in [2.45, 2.75) is 35.5 Å². The van der Waals surface area contributed by atoms with Crippen molar-refractivity contribution in [3.8, 4) is 0 Å². The second kappa shape index (κ2) is 9.84. The quantitative estimate of drug-likeness (QED) is 0.656. The molecule has 1 aromatic rings. The largest absolute Gasteiger partial charge is 0.318 e. The predicted molar refractivity (Wildman–Crippen MR) is 100 cm³/mol. The van der Waals surface area contributed by atoms with Crippen LogP contribution in [-0.4, -0.2) is 54.4 Å². The van der Waals surface area contributed by atoms with Crippen LogP contribution in [0.25, 0.3) is 0 Å². The average Bonchev–Trinajstić information content (AvgIpc) is 2.85. The normalized spacial score (nSPS) is 16.8. The van der Waals surface area contributed by atoms with E-state index in [4.69, 9.17) is 0 Å². The fourth-order valence-corrected chi connectivity index (χ4v) is 5.34. The van der Waals surface area contributed by atoms with Crippen LogP contribution in [-0.2, 0) is 20.0 Å². The number of likely N-dealkylation sites (N-methyl/N-ethyl adjacent to an activating group) is 1. The van der Waals surface area contributed by atoms with Crippen molar-refractivity contribution in [3.05, 3.63) is 24.3 Å². The molecule has 1 aliphatic rings. The van der Waals surface area contributed by atoms with E-state index in [0.717, 1.165) is 25.7 Å². The van der Waals surface area contributed by atoms with E-state index in [0.29, 0.717) is 19.6 Å². The molecule has 0 radical (unpaired) electrons. The zero-order chi connectivity index (χ0) is 17.6. The Morgan fingerprint density at radius 3 is 2.16 bits per heavy atom. The van der Waals surface area contributed by atoms with E-state index in [1.807, 2.05) is 0 Å². The van der Waals surface area contributed by atoms with E-state index in [2.05, 4.69) is 10.0 Å². The zero-order valence-electron chi connectivity index (χ0n) is 14.3. The van der Waals surface area contributed by atoms with Crippen LogP contribution in [0, 0.1) is 0 Å². The van der Waals surface area contributed by atoms with Crippen LogP contribution in [0.4, 0.5) is 0 Å². The summed E-state index contributed by atoms with van der Waals surface area (Å²) in [5.74, 6) is 0. The van der Waals surface area contributed by atoms with Gasteiger partial charge in [0.1, 0.15) is 0 Å². The Morgan fingerprint density at radius 1 is 0.960 bits per heavy atom. The van der Waals surface area contributed by atoms with Gasteiger partial charge in [-0.2, -0.15) is 4.31 Å². The SMILES string of the molecule is CNCCNS(=O)(=O)c1cccc(S(=O)(=O)N2CCCCCC2)c1.Cl. The zero-order valence-corrected chi connectivity index (χ0v) is 16.7. The number of hydrogen-bond acceptors (Lipinski definition) is 5. The van der Waals surface area contributed by atoms with Gasteiger partial charge < -0.3 is 5.32 Å². The maximum atomic E-state index is 12.8. The van der Waals surface area contributed by atoms with Crippen molar-refractivity contribution in [3.63, 3.8) is 0 Å². The first-order chi connectivity index (χ1) is 11.4. The molecule has 2 N–H and O–H groups in total. The van der Waals surface area contributed by atoms with Gasteiger partial charge in [0.2, 0.25) is 20.0 Å². The van der Waals surface area contributed by atoms with E-state index >= 15 is 0 Å². The maximum absolute atomic E-state index is 12.8. The summed E-state index contributed by atoms with van der Waals surface area (Å²) in [6.07, 6.45) is 3.72. The molecule has 1 fully saturated rings. The van der Waals surface area contributed by atoms with Gasteiger partial charge in [0, 0.05) is 26.2 Å². The van der Waals surface area contributed by atoms with Crippen molar-refractivity contribution in [2.24, 2.45) is 0 Å². The van der Waals surface area contributed by atoms with Gasteiger partial charge in [-0.05, 0) is 38.1 Å². The molecule has 0 spiro atoms. The first-order valence-electron chi connectivity index (χ1n) is 8.12. The fraction of sp³-hybridized carbons (Fsp3) is 0.600. The van der Waals surface area contributed by atoms with Gasteiger partial charge in [-0.1, -0.05) is 18.9 Å². The summed E-state index contributed by atoms with van der Waals surface area (Å²) in [5, 5.41) is 2.85. The Balaban J connectivity index is 0.00000312. The highest BCUT2D eigenvalue weighted by atomic mass is 35.5. The van der Waals surface area contributed by atoms with E-state index in [9.17, 15) is 16.8 Å². The standard InChI is InChI=1S/C15H25N3O4S2.ClH/c1-16-9-10-17-23(19,20)14-7-6-8-15(13-14)24(21,22)18-11-4-2-3-5-12-18;/h6-8,13,16-17H,2-5,9-12H2,1H3;1H. The van der Waals surface area contributed by atoms with Crippen LogP contribution in [0.15, 0.2) is 34.1 Å². The molecule has 10 heteroatoms. The van der Waals surface area contributed by atoms with Gasteiger partial charge in [0.15, 0.2) is 0 Å². The Hall–Kier alpha value is -0.710. The molecule has 144 valence electrons. The molecule has 0 atom stereocenters. The van der Waals surface area contributed by atoms with Crippen molar-refractivity contribution in [1.29, 1.82) is 0 Å². The highest BCUT2D eigenvalue weighted by molar-refractivity contribution is 7.90. The highest BCUT2D eigenvalue weighted by Crippen LogP contribution is 2.22. The van der Waals surface area contributed by atoms with Crippen LogP contribution in [0.5, 0.6) is 0 Å². The van der Waals surface area contributed by atoms with Gasteiger partial charge >= 0.3 is 0 Å². The Bertz CT molecular complexity index is 746. The first-order valence-corrected chi connectivity index (χ1v) is 11.0. The molecular weight excluding hydrogens is 386 g/mol. The highest BCUT2D eigenvalue weighted by Gasteiger charge is 2.26. The lowest BCUT2D eigenvalue weighted by Gasteiger charge is -2.20. The predicted octanol–water partition coefficient (Wildman–Crippen LogP) is 1.17. The number of halogens is 1. The minimum absolute atomic E-state index is 0. The van der Waals surface area contributed by atoms with E-state index in [-0.39, 0.29) is 28.7 Å². The minimum Gasteiger partial charge on any atom is -0.318 e. The van der Waals surface area contributed by atoms with Gasteiger partial charge in [0.05, 0.1) is 9.79 Å². The van der Waals surface area contributed by atoms with E-state index in [1.54, 1.807) is 7.05 Å². The summed E-state index contributed by atoms with van der Waals surface area (Å²) in [6, 6.07) is 5.56. The smallest absolute Gasteiger partial charge is 0.243 e. The van der Waals surface area contributed by atoms with Crippen molar-refractivity contribution < 1.29 is 16.8 Å². The van der Waals surface area contributed by atoms with Crippen LogP contribution in [0.2, 0.25) is 0 Å². The van der Waals surface area contributed by atoms with Gasteiger partial charge in [-0.25, -0.2) is 21.6 Å². The molecule has 0 amide bonds. The average molecular weight is 412 g/mol. The molecule has 2 rings (SSSR count). The number of nitrogens with zero attached hydrogens (tertiary/aromatic N) is 1. The molecule has 1 heterocycles. The molecule has 0 bridgehead atoms. The lowest BCUT2D eigenvalue weighted by atomic mass is 10.2. The maximum Gasteiger partial charge on any atom is 0.243 e. The van der Waals surface area contributed by atoms with Crippen molar-refractivity contribution in [1.82, 2.24) is 14.3 Å². The Kier molecular flexibility index (Phi) is 8.79. The Morgan fingerprint density at radius 2 is 1.56 bits per heavy atom. The molecule has 0 saturated carbocycles. The van der Waals surface area contributed by atoms with Gasteiger partial charge in [0.25, 0.3) is 0 Å². The molecule has 1 aromatic carbocycles. The third-order valence-corrected chi connectivity index (χ3v) is 7.34. The van der Waals surface area contributed by atoms with Gasteiger partial charge in [-0.15, -0.1) is 12.4 Å². The third-order valence-electron chi connectivity index (χ3n) is 3.99. The van der Waals surface area contributed by atoms with Crippen LogP contribution in [0.1, 0.15) is 25.7 Å². The number of nitrogens with one attached hydrogen (secondary N) is 2. The summed E-state index contributed by atoms with van der Waals surface area (Å²) in [7, 11) is -5.67. The number of rotatable bonds is 7.